The van der Waals surface area contributed by atoms with Crippen LogP contribution in [0.5, 0.6) is 0 Å². The van der Waals surface area contributed by atoms with Gasteiger partial charge in [0.25, 0.3) is 0 Å². The minimum atomic E-state index is 0.0924. The third-order valence-electron chi connectivity index (χ3n) is 5.54. The predicted molar refractivity (Wildman–Crippen MR) is 94.5 cm³/mol. The van der Waals surface area contributed by atoms with Gasteiger partial charge in [0.05, 0.1) is 12.6 Å². The van der Waals surface area contributed by atoms with Crippen molar-refractivity contribution in [2.24, 2.45) is 0 Å². The van der Waals surface area contributed by atoms with E-state index < -0.39 is 0 Å². The summed E-state index contributed by atoms with van der Waals surface area (Å²) >= 11 is 0. The molecule has 1 saturated heterocycles. The van der Waals surface area contributed by atoms with Gasteiger partial charge in [-0.05, 0) is 75.6 Å². The van der Waals surface area contributed by atoms with Gasteiger partial charge in [0, 0.05) is 6.04 Å². The molecule has 2 atom stereocenters. The molecule has 1 aromatic rings. The molecule has 126 valence electrons. The summed E-state index contributed by atoms with van der Waals surface area (Å²) in [6, 6.07) is 7.39. The minimum absolute atomic E-state index is 0.0924. The number of fused-ring (bicyclic) bond motifs is 1. The van der Waals surface area contributed by atoms with Crippen molar-refractivity contribution in [3.05, 3.63) is 34.9 Å². The van der Waals surface area contributed by atoms with Crippen molar-refractivity contribution < 1.29 is 4.79 Å². The van der Waals surface area contributed by atoms with E-state index in [1.54, 1.807) is 0 Å². The number of benzene rings is 1. The highest BCUT2D eigenvalue weighted by atomic mass is 16.2. The monoisotopic (exact) mass is 314 g/mol. The molecular weight excluding hydrogens is 284 g/mol. The Balaban J connectivity index is 1.57. The lowest BCUT2D eigenvalue weighted by molar-refractivity contribution is -0.123. The molecule has 0 saturated carbocycles. The van der Waals surface area contributed by atoms with Crippen molar-refractivity contribution >= 4 is 5.91 Å². The molecule has 3 nitrogen and oxygen atoms in total. The van der Waals surface area contributed by atoms with Gasteiger partial charge in [-0.3, -0.25) is 9.69 Å². The fourth-order valence-electron chi connectivity index (χ4n) is 3.97. The summed E-state index contributed by atoms with van der Waals surface area (Å²) in [5, 5.41) is 3.19. The molecule has 1 fully saturated rings. The van der Waals surface area contributed by atoms with Crippen LogP contribution in [0.4, 0.5) is 0 Å². The van der Waals surface area contributed by atoms with Crippen molar-refractivity contribution in [3.8, 4) is 0 Å². The lowest BCUT2D eigenvalue weighted by Gasteiger charge is -2.33. The minimum Gasteiger partial charge on any atom is -0.348 e. The van der Waals surface area contributed by atoms with Gasteiger partial charge < -0.3 is 5.32 Å². The van der Waals surface area contributed by atoms with E-state index in [1.165, 1.54) is 61.6 Å². The average molecular weight is 314 g/mol. The zero-order valence-electron chi connectivity index (χ0n) is 14.6. The predicted octanol–water partition coefficient (Wildman–Crippen LogP) is 3.62. The van der Waals surface area contributed by atoms with Crippen molar-refractivity contribution in [1.82, 2.24) is 10.2 Å². The first-order valence-electron chi connectivity index (χ1n) is 9.28. The largest absolute Gasteiger partial charge is 0.348 e. The molecule has 1 aliphatic heterocycles. The maximum Gasteiger partial charge on any atom is 0.234 e. The number of amides is 1. The summed E-state index contributed by atoms with van der Waals surface area (Å²) in [5.41, 5.74) is 4.23. The molecular formula is C20H30N2O. The molecule has 1 heterocycles. The number of rotatable bonds is 4. The number of hydrogen-bond donors (Lipinski definition) is 1. The highest BCUT2D eigenvalue weighted by Gasteiger charge is 2.21. The van der Waals surface area contributed by atoms with Gasteiger partial charge in [-0.2, -0.15) is 0 Å². The Labute approximate surface area is 140 Å². The van der Waals surface area contributed by atoms with Crippen molar-refractivity contribution in [3.63, 3.8) is 0 Å². The molecule has 0 bridgehead atoms. The van der Waals surface area contributed by atoms with Crippen LogP contribution in [0.1, 0.15) is 68.7 Å². The van der Waals surface area contributed by atoms with E-state index >= 15 is 0 Å². The summed E-state index contributed by atoms with van der Waals surface area (Å²) < 4.78 is 0. The van der Waals surface area contributed by atoms with Crippen LogP contribution in [0, 0.1) is 0 Å². The van der Waals surface area contributed by atoms with Crippen LogP contribution < -0.4 is 5.32 Å². The molecule has 3 heteroatoms. The van der Waals surface area contributed by atoms with Gasteiger partial charge in [-0.25, -0.2) is 0 Å². The molecule has 3 rings (SSSR count). The normalized spacial score (nSPS) is 23.1. The number of carbonyl (C=O) groups excluding carboxylic acids is 1. The second-order valence-corrected chi connectivity index (χ2v) is 7.34. The van der Waals surface area contributed by atoms with Crippen LogP contribution in [0.25, 0.3) is 0 Å². The Morgan fingerprint density at radius 2 is 2.00 bits per heavy atom. The smallest absolute Gasteiger partial charge is 0.234 e. The summed E-state index contributed by atoms with van der Waals surface area (Å²) in [6.45, 7) is 5.93. The first kappa shape index (κ1) is 16.5. The number of piperidine rings is 1. The second kappa shape index (κ2) is 7.48. The fraction of sp³-hybridized carbons (Fsp3) is 0.650. The summed E-state index contributed by atoms with van der Waals surface area (Å²) in [7, 11) is 0. The number of aryl methyl sites for hydroxylation is 2. The fourth-order valence-corrected chi connectivity index (χ4v) is 3.97. The van der Waals surface area contributed by atoms with Crippen LogP contribution >= 0.6 is 0 Å². The second-order valence-electron chi connectivity index (χ2n) is 7.34. The van der Waals surface area contributed by atoms with E-state index in [1.807, 2.05) is 0 Å². The molecule has 0 aromatic heterocycles. The van der Waals surface area contributed by atoms with E-state index in [9.17, 15) is 4.79 Å². The number of hydrogen-bond acceptors (Lipinski definition) is 2. The van der Waals surface area contributed by atoms with Gasteiger partial charge >= 0.3 is 0 Å². The highest BCUT2D eigenvalue weighted by Crippen LogP contribution is 2.25. The number of nitrogens with one attached hydrogen (secondary N) is 1. The van der Waals surface area contributed by atoms with Crippen molar-refractivity contribution in [2.75, 3.05) is 13.1 Å². The van der Waals surface area contributed by atoms with Crippen LogP contribution in [-0.2, 0) is 17.6 Å². The molecule has 0 spiro atoms. The van der Waals surface area contributed by atoms with E-state index in [4.69, 9.17) is 0 Å². The van der Waals surface area contributed by atoms with Crippen LogP contribution in [0.3, 0.4) is 0 Å². The molecule has 23 heavy (non-hydrogen) atoms. The molecule has 1 amide bonds. The van der Waals surface area contributed by atoms with Gasteiger partial charge in [-0.15, -0.1) is 0 Å². The van der Waals surface area contributed by atoms with E-state index in [-0.39, 0.29) is 11.9 Å². The van der Waals surface area contributed by atoms with E-state index in [0.717, 1.165) is 6.54 Å². The number of carbonyl (C=O) groups is 1. The number of nitrogens with zero attached hydrogens (tertiary/aromatic N) is 1. The van der Waals surface area contributed by atoms with Gasteiger partial charge in [0.1, 0.15) is 0 Å². The maximum absolute atomic E-state index is 12.4. The third kappa shape index (κ3) is 4.14. The zero-order valence-corrected chi connectivity index (χ0v) is 14.6. The Kier molecular flexibility index (Phi) is 5.37. The van der Waals surface area contributed by atoms with E-state index in [0.29, 0.717) is 12.6 Å². The quantitative estimate of drug-likeness (QED) is 0.920. The zero-order chi connectivity index (χ0) is 16.2. The molecule has 0 radical (unpaired) electrons. The van der Waals surface area contributed by atoms with Gasteiger partial charge in [0.15, 0.2) is 0 Å². The molecule has 1 aliphatic carbocycles. The van der Waals surface area contributed by atoms with Gasteiger partial charge in [-0.1, -0.05) is 24.6 Å². The highest BCUT2D eigenvalue weighted by molar-refractivity contribution is 5.78. The number of likely N-dealkylation sites (tertiary alicyclic amines) is 1. The standard InChI is InChI=1S/C20H30N2O/c1-15-7-5-6-12-22(15)14-20(23)21-16(2)18-11-10-17-8-3-4-9-19(17)13-18/h10-11,13,15-16H,3-9,12,14H2,1-2H3,(H,21,23). The van der Waals surface area contributed by atoms with Crippen LogP contribution in [-0.4, -0.2) is 29.9 Å². The summed E-state index contributed by atoms with van der Waals surface area (Å²) in [4.78, 5) is 14.7. The maximum atomic E-state index is 12.4. The average Bonchev–Trinajstić information content (AvgIpc) is 2.56. The molecule has 2 aliphatic rings. The van der Waals surface area contributed by atoms with Crippen LogP contribution in [0.15, 0.2) is 18.2 Å². The lowest BCUT2D eigenvalue weighted by Crippen LogP contribution is -2.44. The lowest BCUT2D eigenvalue weighted by atomic mass is 9.89. The Hall–Kier alpha value is -1.35. The molecule has 1 N–H and O–H groups in total. The topological polar surface area (TPSA) is 32.3 Å². The van der Waals surface area contributed by atoms with Crippen molar-refractivity contribution in [1.29, 1.82) is 0 Å². The summed E-state index contributed by atoms with van der Waals surface area (Å²) in [5.74, 6) is 0.156. The molecule has 2 unspecified atom stereocenters. The van der Waals surface area contributed by atoms with E-state index in [2.05, 4.69) is 42.3 Å². The Bertz CT molecular complexity index is 555. The SMILES string of the molecule is CC(NC(=O)CN1CCCCC1C)c1ccc2c(c1)CCCC2. The Morgan fingerprint density at radius 1 is 1.22 bits per heavy atom. The molecule has 1 aromatic carbocycles. The first-order valence-corrected chi connectivity index (χ1v) is 9.28. The van der Waals surface area contributed by atoms with Crippen LogP contribution in [0.2, 0.25) is 0 Å². The van der Waals surface area contributed by atoms with Crippen molar-refractivity contribution in [2.45, 2.75) is 70.9 Å². The first-order chi connectivity index (χ1) is 11.1. The third-order valence-corrected chi connectivity index (χ3v) is 5.54. The van der Waals surface area contributed by atoms with Gasteiger partial charge in [0.2, 0.25) is 5.91 Å². The Morgan fingerprint density at radius 3 is 2.78 bits per heavy atom. The summed E-state index contributed by atoms with van der Waals surface area (Å²) in [6.07, 6.45) is 8.74.